The maximum Gasteiger partial charge on any atom is 0.0917 e. The van der Waals surface area contributed by atoms with Crippen molar-refractivity contribution < 1.29 is 0 Å². The van der Waals surface area contributed by atoms with E-state index < -0.39 is 0 Å². The molecule has 0 radical (unpaired) electrons. The first-order chi connectivity index (χ1) is 7.70. The zero-order chi connectivity index (χ0) is 12.6. The number of hydrogen-bond acceptors (Lipinski definition) is 2. The van der Waals surface area contributed by atoms with Crippen LogP contribution in [0.2, 0.25) is 0 Å². The molecule has 16 heavy (non-hydrogen) atoms. The van der Waals surface area contributed by atoms with Gasteiger partial charge in [-0.1, -0.05) is 40.3 Å². The highest BCUT2D eigenvalue weighted by molar-refractivity contribution is 6.16. The topological polar surface area (TPSA) is 24.7 Å². The number of dihydropyridines is 1. The third kappa shape index (κ3) is 3.61. The second kappa shape index (κ2) is 7.80. The Balaban J connectivity index is 0.00000106. The lowest BCUT2D eigenvalue weighted by Gasteiger charge is -2.16. The molecule has 0 aromatic rings. The zero-order valence-electron chi connectivity index (χ0n) is 11.0. The number of allylic oxidation sites excluding steroid dienone is 3. The number of rotatable bonds is 2. The van der Waals surface area contributed by atoms with Gasteiger partial charge in [-0.15, -0.1) is 0 Å². The van der Waals surface area contributed by atoms with Gasteiger partial charge in [0.05, 0.1) is 11.4 Å². The highest BCUT2D eigenvalue weighted by atomic mass is 14.8. The molecule has 0 bridgehead atoms. The Morgan fingerprint density at radius 1 is 1.38 bits per heavy atom. The van der Waals surface area contributed by atoms with Crippen LogP contribution in [0.3, 0.4) is 0 Å². The van der Waals surface area contributed by atoms with Crippen molar-refractivity contribution in [3.8, 4) is 0 Å². The molecule has 2 nitrogen and oxygen atoms in total. The Labute approximate surface area is 99.2 Å². The van der Waals surface area contributed by atoms with Gasteiger partial charge in [0.15, 0.2) is 0 Å². The van der Waals surface area contributed by atoms with Crippen molar-refractivity contribution in [1.82, 2.24) is 0 Å². The molecule has 0 saturated carbocycles. The maximum absolute atomic E-state index is 4.27. The second-order valence-corrected chi connectivity index (χ2v) is 3.39. The number of nitrogens with zero attached hydrogens (tertiary/aromatic N) is 2. The van der Waals surface area contributed by atoms with Crippen LogP contribution in [-0.2, 0) is 0 Å². The van der Waals surface area contributed by atoms with Crippen LogP contribution in [0.15, 0.2) is 46.2 Å². The van der Waals surface area contributed by atoms with Gasteiger partial charge < -0.3 is 0 Å². The van der Waals surface area contributed by atoms with Crippen molar-refractivity contribution in [2.75, 3.05) is 0 Å². The highest BCUT2D eigenvalue weighted by Gasteiger charge is 2.16. The lowest BCUT2D eigenvalue weighted by Crippen LogP contribution is -2.13. The van der Waals surface area contributed by atoms with E-state index in [1.54, 1.807) is 6.20 Å². The van der Waals surface area contributed by atoms with Gasteiger partial charge in [-0.05, 0) is 24.5 Å². The summed E-state index contributed by atoms with van der Waals surface area (Å²) in [6, 6.07) is 0. The van der Waals surface area contributed by atoms with Crippen LogP contribution in [0.25, 0.3) is 0 Å². The van der Waals surface area contributed by atoms with Crippen LogP contribution in [0, 0.1) is 5.92 Å². The molecular weight excluding hydrogens is 196 g/mol. The minimum atomic E-state index is 0.454. The minimum Gasteiger partial charge on any atom is -0.255 e. The summed E-state index contributed by atoms with van der Waals surface area (Å²) in [5.74, 6) is 0.454. The summed E-state index contributed by atoms with van der Waals surface area (Å²) in [5.41, 5.74) is 3.09. The van der Waals surface area contributed by atoms with Crippen molar-refractivity contribution in [3.05, 3.63) is 36.2 Å². The largest absolute Gasteiger partial charge is 0.255 e. The molecule has 0 aliphatic carbocycles. The van der Waals surface area contributed by atoms with Gasteiger partial charge >= 0.3 is 0 Å². The van der Waals surface area contributed by atoms with Gasteiger partial charge in [-0.3, -0.25) is 9.98 Å². The highest BCUT2D eigenvalue weighted by Crippen LogP contribution is 2.20. The van der Waals surface area contributed by atoms with Crippen LogP contribution in [-0.4, -0.2) is 11.9 Å². The average Bonchev–Trinajstić information content (AvgIpc) is 2.32. The summed E-state index contributed by atoms with van der Waals surface area (Å²) in [4.78, 5) is 8.53. The molecule has 0 aromatic heterocycles. The molecule has 1 aliphatic rings. The second-order valence-electron chi connectivity index (χ2n) is 3.39. The molecule has 88 valence electrons. The predicted molar refractivity (Wildman–Crippen MR) is 74.2 cm³/mol. The molecule has 0 amide bonds. The van der Waals surface area contributed by atoms with Crippen molar-refractivity contribution in [3.63, 3.8) is 0 Å². The van der Waals surface area contributed by atoms with E-state index in [9.17, 15) is 0 Å². The van der Waals surface area contributed by atoms with Crippen LogP contribution in [0.1, 0.15) is 34.6 Å². The third-order valence-corrected chi connectivity index (χ3v) is 2.10. The fourth-order valence-corrected chi connectivity index (χ4v) is 1.39. The molecule has 1 rings (SSSR count). The summed E-state index contributed by atoms with van der Waals surface area (Å²) in [6.45, 7) is 13.9. The average molecular weight is 218 g/mol. The summed E-state index contributed by atoms with van der Waals surface area (Å²) in [5, 5.41) is 0. The molecule has 1 heterocycles. The van der Waals surface area contributed by atoms with E-state index in [1.807, 2.05) is 39.1 Å². The molecule has 0 aromatic carbocycles. The molecule has 0 atom stereocenters. The normalized spacial score (nSPS) is 19.5. The summed E-state index contributed by atoms with van der Waals surface area (Å²) in [7, 11) is 0. The molecule has 0 unspecified atom stereocenters. The fraction of sp³-hybridized carbons (Fsp3) is 0.429. The monoisotopic (exact) mass is 218 g/mol. The number of hydrogen-bond donors (Lipinski definition) is 0. The van der Waals surface area contributed by atoms with E-state index in [2.05, 4.69) is 30.4 Å². The van der Waals surface area contributed by atoms with E-state index in [0.29, 0.717) is 5.92 Å². The first kappa shape index (κ1) is 14.6. The Kier molecular flexibility index (Phi) is 7.10. The lowest BCUT2D eigenvalue weighted by atomic mass is 9.94. The van der Waals surface area contributed by atoms with Gasteiger partial charge in [0.1, 0.15) is 0 Å². The van der Waals surface area contributed by atoms with Crippen molar-refractivity contribution in [2.24, 2.45) is 15.9 Å². The van der Waals surface area contributed by atoms with Crippen LogP contribution in [0.4, 0.5) is 0 Å². The van der Waals surface area contributed by atoms with E-state index in [-0.39, 0.29) is 0 Å². The molecule has 0 fully saturated rings. The van der Waals surface area contributed by atoms with Crippen molar-refractivity contribution in [2.45, 2.75) is 34.6 Å². The van der Waals surface area contributed by atoms with E-state index in [1.165, 1.54) is 5.57 Å². The molecule has 0 N–H and O–H groups in total. The lowest BCUT2D eigenvalue weighted by molar-refractivity contribution is 0.802. The Morgan fingerprint density at radius 2 is 2.00 bits per heavy atom. The van der Waals surface area contributed by atoms with Gasteiger partial charge in [0.25, 0.3) is 0 Å². The summed E-state index contributed by atoms with van der Waals surface area (Å²) in [6.07, 6.45) is 7.37. The van der Waals surface area contributed by atoms with Gasteiger partial charge in [0, 0.05) is 12.4 Å². The fourth-order valence-electron chi connectivity index (χ4n) is 1.39. The molecule has 2 heteroatoms. The SMILES string of the molecule is C=CN=C1C(C(C)C)=CC=N/C1=C/C.CC. The molecular formula is C14H22N2. The number of aliphatic imine (C=N–C) groups is 2. The van der Waals surface area contributed by atoms with E-state index in [0.717, 1.165) is 11.4 Å². The van der Waals surface area contributed by atoms with Gasteiger partial charge in [0.2, 0.25) is 0 Å². The Bertz CT molecular complexity index is 342. The van der Waals surface area contributed by atoms with Crippen molar-refractivity contribution >= 4 is 11.9 Å². The molecule has 1 aliphatic heterocycles. The van der Waals surface area contributed by atoms with Crippen LogP contribution in [0.5, 0.6) is 0 Å². The zero-order valence-corrected chi connectivity index (χ0v) is 11.0. The quantitative estimate of drug-likeness (QED) is 0.664. The van der Waals surface area contributed by atoms with E-state index in [4.69, 9.17) is 0 Å². The van der Waals surface area contributed by atoms with Gasteiger partial charge in [-0.25, -0.2) is 0 Å². The maximum atomic E-state index is 4.27. The van der Waals surface area contributed by atoms with Crippen molar-refractivity contribution in [1.29, 1.82) is 0 Å². The smallest absolute Gasteiger partial charge is 0.0917 e. The summed E-state index contributed by atoms with van der Waals surface area (Å²) < 4.78 is 0. The van der Waals surface area contributed by atoms with Crippen LogP contribution >= 0.6 is 0 Å². The third-order valence-electron chi connectivity index (χ3n) is 2.10. The predicted octanol–water partition coefficient (Wildman–Crippen LogP) is 4.17. The first-order valence-corrected chi connectivity index (χ1v) is 5.80. The first-order valence-electron chi connectivity index (χ1n) is 5.80. The standard InChI is InChI=1S/C12H16N2.C2H6/c1-5-11-12(13-6-2)10(9(3)4)7-8-14-11;1-2/h5-9H,2H2,1,3-4H3;1-2H3/b11-5+,13-12?;. The van der Waals surface area contributed by atoms with Gasteiger partial charge in [-0.2, -0.15) is 0 Å². The molecule has 0 saturated heterocycles. The minimum absolute atomic E-state index is 0.454. The Hall–Kier alpha value is -1.44. The molecule has 0 spiro atoms. The Morgan fingerprint density at radius 3 is 2.44 bits per heavy atom. The summed E-state index contributed by atoms with van der Waals surface area (Å²) >= 11 is 0. The van der Waals surface area contributed by atoms with E-state index >= 15 is 0 Å². The van der Waals surface area contributed by atoms with Crippen LogP contribution < -0.4 is 0 Å².